The highest BCUT2D eigenvalue weighted by Gasteiger charge is 2.61. The van der Waals surface area contributed by atoms with Crippen LogP contribution < -0.4 is 10.1 Å². The van der Waals surface area contributed by atoms with E-state index in [-0.39, 0.29) is 19.4 Å². The van der Waals surface area contributed by atoms with E-state index in [9.17, 15) is 36.2 Å². The molecule has 4 bridgehead atoms. The number of amides is 1. The Bertz CT molecular complexity index is 1440. The van der Waals surface area contributed by atoms with Gasteiger partial charge in [-0.1, -0.05) is 30.3 Å². The van der Waals surface area contributed by atoms with Crippen LogP contribution in [0.3, 0.4) is 0 Å². The van der Waals surface area contributed by atoms with Gasteiger partial charge in [-0.15, -0.1) is 10.2 Å². The van der Waals surface area contributed by atoms with Crippen molar-refractivity contribution in [2.45, 2.75) is 82.7 Å². The fourth-order valence-electron chi connectivity index (χ4n) is 4.33. The van der Waals surface area contributed by atoms with Crippen LogP contribution in [-0.2, 0) is 27.9 Å². The van der Waals surface area contributed by atoms with Crippen molar-refractivity contribution in [3.8, 4) is 17.5 Å². The second-order valence-electron chi connectivity index (χ2n) is 11.1. The van der Waals surface area contributed by atoms with Gasteiger partial charge in [0, 0.05) is 0 Å². The summed E-state index contributed by atoms with van der Waals surface area (Å²) in [5, 5.41) is 19.8. The van der Waals surface area contributed by atoms with Crippen molar-refractivity contribution in [1.29, 1.82) is 0 Å². The maximum atomic E-state index is 14.9. The van der Waals surface area contributed by atoms with E-state index in [0.29, 0.717) is 11.6 Å². The lowest BCUT2D eigenvalue weighted by Crippen LogP contribution is -2.46. The van der Waals surface area contributed by atoms with Crippen molar-refractivity contribution >= 4 is 11.8 Å². The molecule has 44 heavy (non-hydrogen) atoms. The maximum Gasteiger partial charge on any atom is 0.426 e. The van der Waals surface area contributed by atoms with E-state index in [1.165, 1.54) is 20.8 Å². The van der Waals surface area contributed by atoms with Gasteiger partial charge in [0.25, 0.3) is 11.8 Å². The highest BCUT2D eigenvalue weighted by Crippen LogP contribution is 2.47. The van der Waals surface area contributed by atoms with Crippen molar-refractivity contribution in [2.75, 3.05) is 11.9 Å². The molecule has 4 rings (SSSR count). The number of ether oxygens (including phenoxy) is 3. The molecule has 16 heteroatoms. The summed E-state index contributed by atoms with van der Waals surface area (Å²) in [6, 6.07) is 8.46. The number of aromatic nitrogens is 3. The summed E-state index contributed by atoms with van der Waals surface area (Å²) in [6.07, 6.45) is -14.0. The van der Waals surface area contributed by atoms with Crippen molar-refractivity contribution in [1.82, 2.24) is 15.2 Å². The molecule has 0 fully saturated rings. The Labute approximate surface area is 247 Å². The summed E-state index contributed by atoms with van der Waals surface area (Å²) in [4.78, 5) is 16.4. The fraction of sp³-hybridized carbons (Fsp3) is 0.500. The lowest BCUT2D eigenvalue weighted by molar-refractivity contribution is -0.300. The first-order chi connectivity index (χ1) is 20.5. The van der Waals surface area contributed by atoms with E-state index in [1.54, 1.807) is 30.3 Å². The quantitative estimate of drug-likeness (QED) is 0.299. The molecule has 1 aliphatic heterocycles. The summed E-state index contributed by atoms with van der Waals surface area (Å²) in [7, 11) is 0. The van der Waals surface area contributed by atoms with Crippen LogP contribution in [0.5, 0.6) is 5.88 Å². The van der Waals surface area contributed by atoms with Gasteiger partial charge in [-0.05, 0) is 58.1 Å². The number of nitrogens with one attached hydrogen (secondary N) is 1. The number of carbonyl (C=O) groups excluding carboxylic acids is 1. The number of aliphatic hydroxyl groups is 1. The van der Waals surface area contributed by atoms with Gasteiger partial charge in [0.2, 0.25) is 11.5 Å². The zero-order valence-corrected chi connectivity index (χ0v) is 23.9. The molecule has 10 nitrogen and oxygen atoms in total. The second-order valence-corrected chi connectivity index (χ2v) is 11.1. The first-order valence-electron chi connectivity index (χ1n) is 13.5. The molecule has 1 aromatic carbocycles. The summed E-state index contributed by atoms with van der Waals surface area (Å²) in [5.41, 5.74) is -6.51. The fourth-order valence-corrected chi connectivity index (χ4v) is 4.33. The molecule has 0 saturated carbocycles. The third-order valence-corrected chi connectivity index (χ3v) is 6.44. The largest absolute Gasteiger partial charge is 0.477 e. The number of fused-ring (bicyclic) bond motifs is 5. The number of anilines is 1. The third kappa shape index (κ3) is 7.77. The first-order valence-corrected chi connectivity index (χ1v) is 13.5. The number of pyridine rings is 1. The van der Waals surface area contributed by atoms with E-state index >= 15 is 0 Å². The van der Waals surface area contributed by atoms with E-state index in [4.69, 9.17) is 18.6 Å². The van der Waals surface area contributed by atoms with Crippen molar-refractivity contribution in [3.63, 3.8) is 0 Å². The number of aliphatic hydroxyl groups excluding tert-OH is 1. The molecule has 2 N–H and O–H groups in total. The van der Waals surface area contributed by atoms with Crippen molar-refractivity contribution in [2.24, 2.45) is 0 Å². The summed E-state index contributed by atoms with van der Waals surface area (Å²) in [6.45, 7) is 3.65. The predicted molar refractivity (Wildman–Crippen MR) is 141 cm³/mol. The Kier molecular flexibility index (Phi) is 9.44. The molecule has 1 aliphatic rings. The van der Waals surface area contributed by atoms with Crippen LogP contribution in [0.25, 0.3) is 11.6 Å². The Morgan fingerprint density at radius 1 is 1.09 bits per heavy atom. The molecule has 3 heterocycles. The maximum absolute atomic E-state index is 14.9. The van der Waals surface area contributed by atoms with Crippen LogP contribution in [0.4, 0.5) is 36.8 Å². The molecule has 2 atom stereocenters. The summed E-state index contributed by atoms with van der Waals surface area (Å²) >= 11 is 0. The van der Waals surface area contributed by atoms with Gasteiger partial charge in [0.15, 0.2) is 5.69 Å². The normalized spacial score (nSPS) is 19.9. The molecule has 3 aromatic rings. The van der Waals surface area contributed by atoms with Crippen LogP contribution in [-0.4, -0.2) is 50.9 Å². The second kappa shape index (κ2) is 12.6. The minimum atomic E-state index is -5.15. The van der Waals surface area contributed by atoms with Gasteiger partial charge in [-0.2, -0.15) is 26.3 Å². The molecule has 0 saturated heterocycles. The number of nitrogens with zero attached hydrogens (tertiary/aromatic N) is 3. The van der Waals surface area contributed by atoms with Crippen LogP contribution in [0, 0.1) is 0 Å². The molecule has 0 radical (unpaired) electrons. The van der Waals surface area contributed by atoms with Crippen LogP contribution in [0.2, 0.25) is 0 Å². The molecule has 2 aromatic heterocycles. The standard InChI is InChI=1S/C28H30F6N4O6/c1-25(2,3)44-24(40)35-19-14-18(27(29,30)31)21-36-20(19)22-37-38-23(43-22)26(28(32,33)34,12-11-17(39)10-7-13-41-21)42-15-16-8-5-4-6-9-16/h4-6,8-9,14,17,39H,7,10-13,15H2,1-3H3,(H,35,40). The van der Waals surface area contributed by atoms with Crippen LogP contribution >= 0.6 is 0 Å². The predicted octanol–water partition coefficient (Wildman–Crippen LogP) is 6.79. The minimum absolute atomic E-state index is 0.0182. The van der Waals surface area contributed by atoms with Gasteiger partial charge in [-0.3, -0.25) is 5.32 Å². The molecule has 240 valence electrons. The molecule has 1 amide bonds. The topological polar surface area (TPSA) is 129 Å². The Hall–Kier alpha value is -3.92. The van der Waals surface area contributed by atoms with Gasteiger partial charge in [0.1, 0.15) is 11.2 Å². The van der Waals surface area contributed by atoms with Gasteiger partial charge in [0.05, 0.1) is 25.0 Å². The third-order valence-electron chi connectivity index (χ3n) is 6.44. The molecule has 0 spiro atoms. The van der Waals surface area contributed by atoms with Crippen molar-refractivity contribution in [3.05, 3.63) is 53.4 Å². The lowest BCUT2D eigenvalue weighted by atomic mass is 9.93. The minimum Gasteiger partial charge on any atom is -0.477 e. The zero-order chi connectivity index (χ0) is 32.3. The lowest BCUT2D eigenvalue weighted by Gasteiger charge is -2.33. The molecule has 0 aliphatic carbocycles. The smallest absolute Gasteiger partial charge is 0.426 e. The number of benzene rings is 1. The van der Waals surface area contributed by atoms with Crippen LogP contribution in [0.15, 0.2) is 40.8 Å². The Morgan fingerprint density at radius 2 is 1.80 bits per heavy atom. The molecular weight excluding hydrogens is 602 g/mol. The molecule has 2 unspecified atom stereocenters. The zero-order valence-electron chi connectivity index (χ0n) is 23.9. The SMILES string of the molecule is CC(C)(C)OC(=O)Nc1cc(C(F)(F)F)c2nc1-c1nnc(o1)C(OCc1ccccc1)(C(F)(F)F)CCC(O)CCCO2. The average Bonchev–Trinajstić information content (AvgIpc) is 3.39. The molecular formula is C28H30F6N4O6. The van der Waals surface area contributed by atoms with Crippen LogP contribution in [0.1, 0.15) is 63.5 Å². The average molecular weight is 633 g/mol. The van der Waals surface area contributed by atoms with E-state index in [1.807, 2.05) is 0 Å². The first kappa shape index (κ1) is 33.0. The number of alkyl halides is 6. The number of halogens is 6. The van der Waals surface area contributed by atoms with E-state index < -0.39 is 89.8 Å². The Morgan fingerprint density at radius 3 is 2.43 bits per heavy atom. The van der Waals surface area contributed by atoms with E-state index in [0.717, 1.165) is 0 Å². The van der Waals surface area contributed by atoms with Gasteiger partial charge >= 0.3 is 18.4 Å². The number of rotatable bonds is 4. The van der Waals surface area contributed by atoms with Crippen molar-refractivity contribution < 1.29 is 54.9 Å². The highest BCUT2D eigenvalue weighted by molar-refractivity contribution is 5.89. The highest BCUT2D eigenvalue weighted by atomic mass is 19.4. The Balaban J connectivity index is 1.88. The number of hydrogen-bond donors (Lipinski definition) is 2. The number of carbonyl (C=O) groups is 1. The van der Waals surface area contributed by atoms with Gasteiger partial charge < -0.3 is 23.7 Å². The van der Waals surface area contributed by atoms with E-state index in [2.05, 4.69) is 20.5 Å². The monoisotopic (exact) mass is 632 g/mol. The number of hydrogen-bond acceptors (Lipinski definition) is 9. The van der Waals surface area contributed by atoms with Gasteiger partial charge in [-0.25, -0.2) is 9.78 Å². The summed E-state index contributed by atoms with van der Waals surface area (Å²) in [5.74, 6) is -2.79. The summed E-state index contributed by atoms with van der Waals surface area (Å²) < 4.78 is 108.